The highest BCUT2D eigenvalue weighted by Gasteiger charge is 2.13. The molecule has 0 fully saturated rings. The summed E-state index contributed by atoms with van der Waals surface area (Å²) in [5.41, 5.74) is 13.0. The van der Waals surface area contributed by atoms with Gasteiger partial charge in [0.25, 0.3) is 0 Å². The number of anilines is 3. The molecule has 0 spiro atoms. The Morgan fingerprint density at radius 3 is 1.25 bits per heavy atom. The second-order valence-corrected chi connectivity index (χ2v) is 11.7. The third-order valence-corrected chi connectivity index (χ3v) is 8.77. The van der Waals surface area contributed by atoms with Gasteiger partial charge in [-0.3, -0.25) is 0 Å². The predicted molar refractivity (Wildman–Crippen MR) is 191 cm³/mol. The van der Waals surface area contributed by atoms with Crippen molar-refractivity contribution < 1.29 is 0 Å². The second kappa shape index (κ2) is 12.9. The smallest absolute Gasteiger partial charge is 0.124 e. The van der Waals surface area contributed by atoms with E-state index in [2.05, 4.69) is 171 Å². The van der Waals surface area contributed by atoms with Gasteiger partial charge in [-0.15, -0.1) is 24.5 Å². The van der Waals surface area contributed by atoms with Gasteiger partial charge in [0, 0.05) is 22.6 Å². The fourth-order valence-electron chi connectivity index (χ4n) is 5.29. The lowest BCUT2D eigenvalue weighted by Crippen LogP contribution is -2.09. The highest BCUT2D eigenvalue weighted by molar-refractivity contribution is 7.21. The van der Waals surface area contributed by atoms with E-state index >= 15 is 0 Å². The minimum absolute atomic E-state index is 1.06. The van der Waals surface area contributed by atoms with Crippen molar-refractivity contribution in [2.24, 2.45) is 0 Å². The predicted octanol–water partition coefficient (Wildman–Crippen LogP) is 12.2. The molecule has 0 unspecified atom stereocenters. The van der Waals surface area contributed by atoms with Crippen LogP contribution in [0.5, 0.6) is 0 Å². The SMILES string of the molecule is C=C.Cc1ccc(N(c2ccc(C)cc2)c2ccc(-c3ccc(-c4ccc(-c5nc6ccccc6s5)cc4)cc3)cc2)cc1. The van der Waals surface area contributed by atoms with Gasteiger partial charge in [-0.25, -0.2) is 4.98 Å². The van der Waals surface area contributed by atoms with E-state index in [9.17, 15) is 0 Å². The molecule has 7 rings (SSSR count). The number of hydrogen-bond donors (Lipinski definition) is 0. The maximum atomic E-state index is 4.80. The molecule has 0 aliphatic rings. The highest BCUT2D eigenvalue weighted by Crippen LogP contribution is 2.36. The number of thiazole rings is 1. The van der Waals surface area contributed by atoms with Crippen molar-refractivity contribution in [3.63, 3.8) is 0 Å². The van der Waals surface area contributed by atoms with E-state index in [1.165, 1.54) is 38.1 Å². The highest BCUT2D eigenvalue weighted by atomic mass is 32.1. The lowest BCUT2D eigenvalue weighted by molar-refractivity contribution is 1.27. The Hall–Kier alpha value is -5.25. The molecule has 214 valence electrons. The topological polar surface area (TPSA) is 16.1 Å². The summed E-state index contributed by atoms with van der Waals surface area (Å²) in [6, 6.07) is 52.2. The summed E-state index contributed by atoms with van der Waals surface area (Å²) in [7, 11) is 0. The van der Waals surface area contributed by atoms with Gasteiger partial charge >= 0.3 is 0 Å². The zero-order chi connectivity index (χ0) is 30.5. The number of fused-ring (bicyclic) bond motifs is 1. The fraction of sp³-hybridized carbons (Fsp3) is 0.0488. The molecule has 0 atom stereocenters. The molecule has 0 aliphatic carbocycles. The molecule has 0 aliphatic heterocycles. The van der Waals surface area contributed by atoms with Crippen molar-refractivity contribution in [1.82, 2.24) is 4.98 Å². The molecule has 0 saturated carbocycles. The summed E-state index contributed by atoms with van der Waals surface area (Å²) in [5, 5.41) is 1.06. The van der Waals surface area contributed by atoms with Gasteiger partial charge in [-0.05, 0) is 84.6 Å². The fourth-order valence-corrected chi connectivity index (χ4v) is 6.26. The van der Waals surface area contributed by atoms with Crippen molar-refractivity contribution >= 4 is 38.6 Å². The van der Waals surface area contributed by atoms with E-state index in [1.807, 2.05) is 6.07 Å². The third-order valence-electron chi connectivity index (χ3n) is 7.69. The van der Waals surface area contributed by atoms with Crippen LogP contribution in [0.15, 0.2) is 159 Å². The molecule has 0 saturated heterocycles. The summed E-state index contributed by atoms with van der Waals surface area (Å²) >= 11 is 1.74. The van der Waals surface area contributed by atoms with Gasteiger partial charge < -0.3 is 4.90 Å². The molecule has 0 radical (unpaired) electrons. The van der Waals surface area contributed by atoms with Crippen molar-refractivity contribution in [3.8, 4) is 32.8 Å². The summed E-state index contributed by atoms with van der Waals surface area (Å²) in [6.45, 7) is 10.2. The normalized spacial score (nSPS) is 10.7. The number of nitrogens with zero attached hydrogens (tertiary/aromatic N) is 2. The Morgan fingerprint density at radius 1 is 0.455 bits per heavy atom. The van der Waals surface area contributed by atoms with Gasteiger partial charge in [0.2, 0.25) is 0 Å². The first kappa shape index (κ1) is 28.9. The molecule has 6 aromatic carbocycles. The Balaban J connectivity index is 0.00000168. The Morgan fingerprint density at radius 2 is 0.818 bits per heavy atom. The number of aromatic nitrogens is 1. The zero-order valence-corrected chi connectivity index (χ0v) is 25.9. The van der Waals surface area contributed by atoms with Crippen molar-refractivity contribution in [3.05, 3.63) is 170 Å². The van der Waals surface area contributed by atoms with E-state index in [1.54, 1.807) is 11.3 Å². The molecule has 7 aromatic rings. The molecule has 1 aromatic heterocycles. The summed E-state index contributed by atoms with van der Waals surface area (Å²) in [6.07, 6.45) is 0. The standard InChI is InChI=1S/C39H30N2S.C2H4/c1-27-7-21-34(22-8-27)41(35-23-9-28(2)10-24-35)36-25-19-32(20-26-36)30-13-11-29(12-14-30)31-15-17-33(18-16-31)39-40-37-5-3-4-6-38(37)42-39;1-2/h3-26H,1-2H3;1-2H2. The average Bonchev–Trinajstić information content (AvgIpc) is 3.53. The minimum atomic E-state index is 1.06. The maximum absolute atomic E-state index is 4.80. The van der Waals surface area contributed by atoms with Gasteiger partial charge in [0.1, 0.15) is 5.01 Å². The van der Waals surface area contributed by atoms with Crippen LogP contribution in [0.4, 0.5) is 17.1 Å². The molecule has 1 heterocycles. The van der Waals surface area contributed by atoms with E-state index in [4.69, 9.17) is 4.98 Å². The van der Waals surface area contributed by atoms with Crippen LogP contribution in [-0.4, -0.2) is 4.98 Å². The van der Waals surface area contributed by atoms with Crippen LogP contribution in [0.2, 0.25) is 0 Å². The Kier molecular flexibility index (Phi) is 8.49. The summed E-state index contributed by atoms with van der Waals surface area (Å²) < 4.78 is 1.22. The van der Waals surface area contributed by atoms with Crippen LogP contribution in [0.3, 0.4) is 0 Å². The number of aryl methyl sites for hydroxylation is 2. The summed E-state index contributed by atoms with van der Waals surface area (Å²) in [4.78, 5) is 7.11. The van der Waals surface area contributed by atoms with E-state index in [0.29, 0.717) is 0 Å². The third kappa shape index (κ3) is 6.10. The van der Waals surface area contributed by atoms with Crippen LogP contribution < -0.4 is 4.90 Å². The number of benzene rings is 6. The van der Waals surface area contributed by atoms with E-state index in [-0.39, 0.29) is 0 Å². The molecule has 0 bridgehead atoms. The average molecular weight is 587 g/mol. The molecule has 0 N–H and O–H groups in total. The number of rotatable bonds is 6. The molecule has 2 nitrogen and oxygen atoms in total. The molecular weight excluding hydrogens is 553 g/mol. The van der Waals surface area contributed by atoms with E-state index < -0.39 is 0 Å². The maximum Gasteiger partial charge on any atom is 0.124 e. The van der Waals surface area contributed by atoms with Crippen molar-refractivity contribution in [2.45, 2.75) is 13.8 Å². The van der Waals surface area contributed by atoms with Gasteiger partial charge in [-0.2, -0.15) is 0 Å². The largest absolute Gasteiger partial charge is 0.311 e. The summed E-state index contributed by atoms with van der Waals surface area (Å²) in [5.74, 6) is 0. The lowest BCUT2D eigenvalue weighted by atomic mass is 9.99. The molecular formula is C41H34N2S. The number of para-hydroxylation sites is 1. The van der Waals surface area contributed by atoms with E-state index in [0.717, 1.165) is 33.1 Å². The molecule has 3 heteroatoms. The first-order valence-corrected chi connectivity index (χ1v) is 15.5. The molecule has 44 heavy (non-hydrogen) atoms. The monoisotopic (exact) mass is 586 g/mol. The first-order chi connectivity index (χ1) is 21.6. The van der Waals surface area contributed by atoms with Gasteiger partial charge in [0.15, 0.2) is 0 Å². The lowest BCUT2D eigenvalue weighted by Gasteiger charge is -2.26. The van der Waals surface area contributed by atoms with Crippen molar-refractivity contribution in [1.29, 1.82) is 0 Å². The van der Waals surface area contributed by atoms with Gasteiger partial charge in [-0.1, -0.05) is 108 Å². The zero-order valence-electron chi connectivity index (χ0n) is 25.1. The van der Waals surface area contributed by atoms with Crippen LogP contribution in [0.25, 0.3) is 43.0 Å². The van der Waals surface area contributed by atoms with Gasteiger partial charge in [0.05, 0.1) is 10.2 Å². The Bertz CT molecular complexity index is 1890. The van der Waals surface area contributed by atoms with Crippen molar-refractivity contribution in [2.75, 3.05) is 4.90 Å². The number of hydrogen-bond acceptors (Lipinski definition) is 3. The second-order valence-electron chi connectivity index (χ2n) is 10.7. The molecule has 0 amide bonds. The van der Waals surface area contributed by atoms with Crippen LogP contribution in [0, 0.1) is 13.8 Å². The first-order valence-electron chi connectivity index (χ1n) is 14.7. The minimum Gasteiger partial charge on any atom is -0.311 e. The van der Waals surface area contributed by atoms with Crippen LogP contribution >= 0.6 is 11.3 Å². The van der Waals surface area contributed by atoms with Crippen LogP contribution in [-0.2, 0) is 0 Å². The Labute approximate surface area is 264 Å². The quantitative estimate of drug-likeness (QED) is 0.180. The van der Waals surface area contributed by atoms with Crippen LogP contribution in [0.1, 0.15) is 11.1 Å².